The van der Waals surface area contributed by atoms with E-state index in [2.05, 4.69) is 23.9 Å². The van der Waals surface area contributed by atoms with E-state index in [1.54, 1.807) is 12.1 Å². The molecule has 0 aliphatic heterocycles. The van der Waals surface area contributed by atoms with Crippen LogP contribution in [0.2, 0.25) is 0 Å². The molecule has 5 nitrogen and oxygen atoms in total. The minimum absolute atomic E-state index is 0.0962. The molecule has 0 aliphatic carbocycles. The fraction of sp³-hybridized carbons (Fsp3) is 0.389. The van der Waals surface area contributed by atoms with Crippen LogP contribution in [0.25, 0.3) is 0 Å². The lowest BCUT2D eigenvalue weighted by atomic mass is 10.1. The highest BCUT2D eigenvalue weighted by molar-refractivity contribution is 7.89. The number of carbonyl (C=O) groups is 1. The van der Waals surface area contributed by atoms with Crippen molar-refractivity contribution < 1.29 is 13.2 Å². The molecule has 0 saturated heterocycles. The molecule has 0 spiro atoms. The second kappa shape index (κ2) is 9.12. The van der Waals surface area contributed by atoms with Gasteiger partial charge in [0, 0.05) is 23.5 Å². The Kier molecular flexibility index (Phi) is 7.16. The first-order valence-electron chi connectivity index (χ1n) is 8.29. The van der Waals surface area contributed by atoms with Gasteiger partial charge >= 0.3 is 0 Å². The maximum Gasteiger partial charge on any atom is 0.251 e. The van der Waals surface area contributed by atoms with Gasteiger partial charge in [0.15, 0.2) is 0 Å². The van der Waals surface area contributed by atoms with Gasteiger partial charge in [-0.1, -0.05) is 26.0 Å². The Labute approximate surface area is 153 Å². The van der Waals surface area contributed by atoms with E-state index >= 15 is 0 Å². The van der Waals surface area contributed by atoms with E-state index in [4.69, 9.17) is 0 Å². The third-order valence-electron chi connectivity index (χ3n) is 3.67. The van der Waals surface area contributed by atoms with Crippen molar-refractivity contribution in [1.82, 2.24) is 10.0 Å². The summed E-state index contributed by atoms with van der Waals surface area (Å²) in [6, 6.07) is 9.85. The molecule has 0 unspecified atom stereocenters. The Morgan fingerprint density at radius 1 is 1.20 bits per heavy atom. The number of sulfonamides is 1. The summed E-state index contributed by atoms with van der Waals surface area (Å²) in [7, 11) is -3.65. The lowest BCUT2D eigenvalue weighted by Gasteiger charge is -2.09. The monoisotopic (exact) mass is 380 g/mol. The van der Waals surface area contributed by atoms with Crippen molar-refractivity contribution in [2.75, 3.05) is 6.54 Å². The fourth-order valence-electron chi connectivity index (χ4n) is 2.28. The molecule has 0 bridgehead atoms. The predicted molar refractivity (Wildman–Crippen MR) is 101 cm³/mol. The number of rotatable bonds is 9. The lowest BCUT2D eigenvalue weighted by molar-refractivity contribution is 0.0952. The fourth-order valence-corrected chi connectivity index (χ4v) is 4.07. The predicted octanol–water partition coefficient (Wildman–Crippen LogP) is 3.39. The van der Waals surface area contributed by atoms with E-state index in [1.807, 2.05) is 17.5 Å². The van der Waals surface area contributed by atoms with E-state index < -0.39 is 10.0 Å². The largest absolute Gasteiger partial charge is 0.352 e. The summed E-state index contributed by atoms with van der Waals surface area (Å²) in [6.07, 6.45) is 1.95. The number of nitrogens with one attached hydrogen (secondary N) is 2. The average Bonchev–Trinajstić information content (AvgIpc) is 3.10. The van der Waals surface area contributed by atoms with Crippen molar-refractivity contribution >= 4 is 27.3 Å². The van der Waals surface area contributed by atoms with Crippen LogP contribution in [0.1, 0.15) is 41.9 Å². The van der Waals surface area contributed by atoms with Gasteiger partial charge in [-0.3, -0.25) is 4.79 Å². The normalized spacial score (nSPS) is 11.6. The van der Waals surface area contributed by atoms with Gasteiger partial charge in [-0.15, -0.1) is 11.3 Å². The van der Waals surface area contributed by atoms with Gasteiger partial charge in [-0.25, -0.2) is 13.1 Å². The highest BCUT2D eigenvalue weighted by Gasteiger charge is 2.16. The molecule has 136 valence electrons. The van der Waals surface area contributed by atoms with Crippen LogP contribution in [0.4, 0.5) is 0 Å². The first kappa shape index (κ1) is 19.6. The van der Waals surface area contributed by atoms with Crippen LogP contribution in [0.5, 0.6) is 0 Å². The Morgan fingerprint density at radius 3 is 2.68 bits per heavy atom. The van der Waals surface area contributed by atoms with Gasteiger partial charge in [-0.05, 0) is 48.4 Å². The van der Waals surface area contributed by atoms with E-state index in [0.29, 0.717) is 18.0 Å². The SMILES string of the molecule is CC(C)CCCNC(=O)c1cccc(S(=O)(=O)NCc2cccs2)c1. The van der Waals surface area contributed by atoms with Crippen LogP contribution in [0.15, 0.2) is 46.7 Å². The molecule has 1 aromatic heterocycles. The van der Waals surface area contributed by atoms with Crippen molar-refractivity contribution in [2.45, 2.75) is 38.1 Å². The summed E-state index contributed by atoms with van der Waals surface area (Å²) in [5.41, 5.74) is 0.351. The summed E-state index contributed by atoms with van der Waals surface area (Å²) in [5, 5.41) is 4.73. The number of hydrogen-bond acceptors (Lipinski definition) is 4. The molecule has 1 aromatic carbocycles. The Hall–Kier alpha value is -1.70. The molecule has 2 rings (SSSR count). The molecule has 0 aliphatic rings. The Morgan fingerprint density at radius 2 is 2.00 bits per heavy atom. The Bertz CT molecular complexity index is 784. The van der Waals surface area contributed by atoms with Gasteiger partial charge in [0.1, 0.15) is 0 Å². The zero-order valence-electron chi connectivity index (χ0n) is 14.5. The molecule has 0 fully saturated rings. The standard InChI is InChI=1S/C18H24N2O3S2/c1-14(2)6-4-10-19-18(21)15-7-3-9-17(12-15)25(22,23)20-13-16-8-5-11-24-16/h3,5,7-9,11-12,14,20H,4,6,10,13H2,1-2H3,(H,19,21). The summed E-state index contributed by atoms with van der Waals surface area (Å²) in [6.45, 7) is 5.11. The molecular weight excluding hydrogens is 356 g/mol. The van der Waals surface area contributed by atoms with Gasteiger partial charge in [0.2, 0.25) is 10.0 Å². The summed E-state index contributed by atoms with van der Waals surface area (Å²) < 4.78 is 27.4. The first-order valence-corrected chi connectivity index (χ1v) is 10.6. The third kappa shape index (κ3) is 6.26. The molecular formula is C18H24N2O3S2. The minimum Gasteiger partial charge on any atom is -0.352 e. The van der Waals surface area contributed by atoms with Gasteiger partial charge < -0.3 is 5.32 Å². The second-order valence-corrected chi connectivity index (χ2v) is 9.02. The van der Waals surface area contributed by atoms with E-state index in [0.717, 1.165) is 17.7 Å². The van der Waals surface area contributed by atoms with Crippen LogP contribution in [0, 0.1) is 5.92 Å². The number of hydrogen-bond donors (Lipinski definition) is 2. The highest BCUT2D eigenvalue weighted by atomic mass is 32.2. The topological polar surface area (TPSA) is 75.3 Å². The molecule has 0 radical (unpaired) electrons. The van der Waals surface area contributed by atoms with Gasteiger partial charge in [0.05, 0.1) is 4.90 Å². The van der Waals surface area contributed by atoms with Crippen LogP contribution < -0.4 is 10.0 Å². The molecule has 2 N–H and O–H groups in total. The minimum atomic E-state index is -3.65. The van der Waals surface area contributed by atoms with E-state index in [-0.39, 0.29) is 17.3 Å². The van der Waals surface area contributed by atoms with Crippen molar-refractivity contribution in [2.24, 2.45) is 5.92 Å². The maximum atomic E-state index is 12.4. The molecule has 0 atom stereocenters. The van der Waals surface area contributed by atoms with E-state index in [1.165, 1.54) is 23.5 Å². The van der Waals surface area contributed by atoms with E-state index in [9.17, 15) is 13.2 Å². The number of benzene rings is 1. The van der Waals surface area contributed by atoms with Crippen molar-refractivity contribution in [3.63, 3.8) is 0 Å². The molecule has 1 amide bonds. The molecule has 25 heavy (non-hydrogen) atoms. The summed E-state index contributed by atoms with van der Waals surface area (Å²) >= 11 is 1.49. The van der Waals surface area contributed by atoms with Crippen molar-refractivity contribution in [1.29, 1.82) is 0 Å². The average molecular weight is 381 g/mol. The van der Waals surface area contributed by atoms with Crippen LogP contribution in [-0.4, -0.2) is 20.9 Å². The quantitative estimate of drug-likeness (QED) is 0.655. The van der Waals surface area contributed by atoms with Crippen LogP contribution in [-0.2, 0) is 16.6 Å². The van der Waals surface area contributed by atoms with Crippen LogP contribution >= 0.6 is 11.3 Å². The molecule has 2 aromatic rings. The van der Waals surface area contributed by atoms with Gasteiger partial charge in [-0.2, -0.15) is 0 Å². The summed E-state index contributed by atoms with van der Waals surface area (Å²) in [5.74, 6) is 0.346. The number of thiophene rings is 1. The van der Waals surface area contributed by atoms with Crippen molar-refractivity contribution in [3.8, 4) is 0 Å². The Balaban J connectivity index is 1.98. The molecule has 7 heteroatoms. The third-order valence-corrected chi connectivity index (χ3v) is 5.94. The first-order chi connectivity index (χ1) is 11.9. The smallest absolute Gasteiger partial charge is 0.251 e. The molecule has 1 heterocycles. The lowest BCUT2D eigenvalue weighted by Crippen LogP contribution is -2.26. The van der Waals surface area contributed by atoms with Crippen molar-refractivity contribution in [3.05, 3.63) is 52.2 Å². The zero-order chi connectivity index (χ0) is 18.3. The summed E-state index contributed by atoms with van der Waals surface area (Å²) in [4.78, 5) is 13.2. The second-order valence-electron chi connectivity index (χ2n) is 6.22. The van der Waals surface area contributed by atoms with Crippen LogP contribution in [0.3, 0.4) is 0 Å². The number of carbonyl (C=O) groups excluding carboxylic acids is 1. The zero-order valence-corrected chi connectivity index (χ0v) is 16.1. The maximum absolute atomic E-state index is 12.4. The number of amides is 1. The molecule has 0 saturated carbocycles. The highest BCUT2D eigenvalue weighted by Crippen LogP contribution is 2.14. The van der Waals surface area contributed by atoms with Gasteiger partial charge in [0.25, 0.3) is 5.91 Å².